The van der Waals surface area contributed by atoms with Crippen LogP contribution in [0.15, 0.2) is 12.1 Å². The molecule has 0 radical (unpaired) electrons. The normalized spacial score (nSPS) is 15.0. The summed E-state index contributed by atoms with van der Waals surface area (Å²) in [5, 5.41) is 17.4. The molecular weight excluding hydrogens is 148 g/mol. The van der Waals surface area contributed by atoms with Crippen molar-refractivity contribution in [2.24, 2.45) is 0 Å². The average molecular weight is 158 g/mol. The molecule has 0 saturated heterocycles. The Labute approximate surface area is 67.9 Å². The summed E-state index contributed by atoms with van der Waals surface area (Å²) in [6.07, 6.45) is 0. The smallest absolute Gasteiger partial charge is 0.423 e. The summed E-state index contributed by atoms with van der Waals surface area (Å²) in [5.41, 5.74) is -0.732. The van der Waals surface area contributed by atoms with Gasteiger partial charge in [-0.1, -0.05) is 0 Å². The van der Waals surface area contributed by atoms with Crippen molar-refractivity contribution in [3.05, 3.63) is 23.8 Å². The van der Waals surface area contributed by atoms with Crippen LogP contribution in [-0.2, 0) is 0 Å². The maximum absolute atomic E-state index is 12.7. The number of aromatic nitrogens is 1. The van der Waals surface area contributed by atoms with E-state index in [1.807, 2.05) is 0 Å². The highest BCUT2D eigenvalue weighted by Gasteiger charge is 2.12. The summed E-state index contributed by atoms with van der Waals surface area (Å²) in [6.45, 7) is -2.56. The van der Waals surface area contributed by atoms with Gasteiger partial charge in [0.05, 0.1) is 0 Å². The number of hydrogen-bond donors (Lipinski definition) is 2. The van der Waals surface area contributed by atoms with Gasteiger partial charge in [0.15, 0.2) is 0 Å². The Balaban J connectivity index is 3.21. The van der Waals surface area contributed by atoms with E-state index in [-0.39, 0.29) is 5.46 Å². The molecule has 0 aliphatic rings. The van der Waals surface area contributed by atoms with Crippen molar-refractivity contribution in [3.8, 4) is 0 Å². The predicted molar refractivity (Wildman–Crippen MR) is 38.8 cm³/mol. The van der Waals surface area contributed by atoms with Crippen LogP contribution in [0, 0.1) is 12.8 Å². The number of rotatable bonds is 1. The number of pyridine rings is 1. The first-order valence-electron chi connectivity index (χ1n) is 4.35. The van der Waals surface area contributed by atoms with E-state index < -0.39 is 25.6 Å². The lowest BCUT2D eigenvalue weighted by Crippen LogP contribution is -2.30. The molecule has 0 bridgehead atoms. The zero-order valence-electron chi connectivity index (χ0n) is 8.45. The predicted octanol–water partition coefficient (Wildman–Crippen LogP) is -0.791. The molecule has 1 rings (SSSR count). The number of halogens is 1. The van der Waals surface area contributed by atoms with E-state index in [2.05, 4.69) is 4.98 Å². The molecule has 1 aromatic heterocycles. The molecular formula is C6H7BFNO2. The minimum Gasteiger partial charge on any atom is -0.423 e. The van der Waals surface area contributed by atoms with E-state index in [9.17, 15) is 4.39 Å². The van der Waals surface area contributed by atoms with Crippen LogP contribution in [0.4, 0.5) is 4.39 Å². The maximum Gasteiger partial charge on any atom is 0.488 e. The summed E-state index contributed by atoms with van der Waals surface area (Å²) in [7, 11) is -1.91. The van der Waals surface area contributed by atoms with Crippen LogP contribution in [0.2, 0.25) is 0 Å². The highest BCUT2D eigenvalue weighted by molar-refractivity contribution is 6.58. The highest BCUT2D eigenvalue weighted by atomic mass is 19.1. The molecule has 1 aromatic rings. The van der Waals surface area contributed by atoms with Crippen molar-refractivity contribution in [1.82, 2.24) is 4.98 Å². The fourth-order valence-corrected chi connectivity index (χ4v) is 0.666. The standard InChI is InChI=1S/C6H7BFNO2/c1-4-2-5(7(10)11)3-6(8)9-4/h2-3,10-11H,1H3/i1D3. The highest BCUT2D eigenvalue weighted by Crippen LogP contribution is 1.93. The minimum absolute atomic E-state index is 0.233. The molecule has 2 N–H and O–H groups in total. The van der Waals surface area contributed by atoms with Crippen LogP contribution in [0.3, 0.4) is 0 Å². The first kappa shape index (κ1) is 4.85. The van der Waals surface area contributed by atoms with Crippen LogP contribution in [0.1, 0.15) is 9.81 Å². The van der Waals surface area contributed by atoms with Gasteiger partial charge < -0.3 is 10.0 Å². The molecule has 11 heavy (non-hydrogen) atoms. The molecule has 3 nitrogen and oxygen atoms in total. The Morgan fingerprint density at radius 1 is 1.64 bits per heavy atom. The monoisotopic (exact) mass is 158 g/mol. The van der Waals surface area contributed by atoms with Crippen molar-refractivity contribution in [2.45, 2.75) is 6.85 Å². The summed E-state index contributed by atoms with van der Waals surface area (Å²) >= 11 is 0. The Hall–Kier alpha value is -0.935. The van der Waals surface area contributed by atoms with E-state index in [1.165, 1.54) is 0 Å². The summed E-state index contributed by atoms with van der Waals surface area (Å²) in [4.78, 5) is 3.14. The summed E-state index contributed by atoms with van der Waals surface area (Å²) < 4.78 is 33.6. The topological polar surface area (TPSA) is 53.4 Å². The van der Waals surface area contributed by atoms with Crippen molar-refractivity contribution >= 4 is 12.6 Å². The number of aryl methyl sites for hydroxylation is 1. The second-order valence-electron chi connectivity index (χ2n) is 1.98. The van der Waals surface area contributed by atoms with E-state index in [1.54, 1.807) is 0 Å². The van der Waals surface area contributed by atoms with Crippen molar-refractivity contribution < 1.29 is 18.6 Å². The maximum atomic E-state index is 12.7. The quantitative estimate of drug-likeness (QED) is 0.415. The van der Waals surface area contributed by atoms with Gasteiger partial charge in [0.25, 0.3) is 0 Å². The fraction of sp³-hybridized carbons (Fsp3) is 0.167. The molecule has 0 aliphatic heterocycles. The second-order valence-corrected chi connectivity index (χ2v) is 1.98. The molecule has 0 unspecified atom stereocenters. The number of hydrogen-bond acceptors (Lipinski definition) is 3. The second kappa shape index (κ2) is 2.98. The molecule has 0 saturated carbocycles. The summed E-state index contributed by atoms with van der Waals surface area (Å²) in [5.74, 6) is -1.05. The van der Waals surface area contributed by atoms with Crippen LogP contribution >= 0.6 is 0 Å². The molecule has 0 amide bonds. The molecule has 0 fully saturated rings. The van der Waals surface area contributed by atoms with Crippen molar-refractivity contribution in [2.75, 3.05) is 0 Å². The first-order chi connectivity index (χ1) is 6.30. The SMILES string of the molecule is [2H]C([2H])([2H])c1cc(B(O)O)cc(F)n1. The van der Waals surface area contributed by atoms with Gasteiger partial charge in [0.1, 0.15) is 0 Å². The molecule has 58 valence electrons. The Morgan fingerprint density at radius 3 is 2.91 bits per heavy atom. The third-order valence-electron chi connectivity index (χ3n) is 1.11. The lowest BCUT2D eigenvalue weighted by molar-refractivity contribution is 0.425. The third-order valence-corrected chi connectivity index (χ3v) is 1.11. The average Bonchev–Trinajstić information content (AvgIpc) is 2.01. The zero-order valence-corrected chi connectivity index (χ0v) is 5.45. The molecule has 0 atom stereocenters. The first-order valence-corrected chi connectivity index (χ1v) is 2.85. The Bertz CT molecular complexity index is 344. The van der Waals surface area contributed by atoms with Crippen LogP contribution in [-0.4, -0.2) is 22.2 Å². The fourth-order valence-electron chi connectivity index (χ4n) is 0.666. The molecule has 0 aromatic carbocycles. The number of nitrogens with zero attached hydrogens (tertiary/aromatic N) is 1. The van der Waals surface area contributed by atoms with Crippen molar-refractivity contribution in [1.29, 1.82) is 0 Å². The Kier molecular flexibility index (Phi) is 1.31. The van der Waals surface area contributed by atoms with E-state index in [0.717, 1.165) is 12.1 Å². The lowest BCUT2D eigenvalue weighted by atomic mass is 9.81. The van der Waals surface area contributed by atoms with Gasteiger partial charge in [-0.3, -0.25) is 0 Å². The van der Waals surface area contributed by atoms with E-state index in [0.29, 0.717) is 0 Å². The van der Waals surface area contributed by atoms with Crippen LogP contribution in [0.5, 0.6) is 0 Å². The van der Waals surface area contributed by atoms with Crippen molar-refractivity contribution in [3.63, 3.8) is 0 Å². The van der Waals surface area contributed by atoms with Gasteiger partial charge in [-0.05, 0) is 24.4 Å². The lowest BCUT2D eigenvalue weighted by Gasteiger charge is -1.99. The summed E-state index contributed by atoms with van der Waals surface area (Å²) in [6, 6.07) is 1.70. The zero-order chi connectivity index (χ0) is 10.9. The molecule has 0 spiro atoms. The van der Waals surface area contributed by atoms with E-state index in [4.69, 9.17) is 14.2 Å². The van der Waals surface area contributed by atoms with Crippen LogP contribution < -0.4 is 5.46 Å². The molecule has 1 heterocycles. The van der Waals surface area contributed by atoms with Crippen LogP contribution in [0.25, 0.3) is 0 Å². The van der Waals surface area contributed by atoms with Gasteiger partial charge in [0.2, 0.25) is 5.95 Å². The minimum atomic E-state index is -2.56. The van der Waals surface area contributed by atoms with Gasteiger partial charge in [-0.2, -0.15) is 4.39 Å². The molecule has 5 heteroatoms. The third kappa shape index (κ3) is 1.99. The van der Waals surface area contributed by atoms with E-state index >= 15 is 0 Å². The van der Waals surface area contributed by atoms with Gasteiger partial charge in [-0.15, -0.1) is 0 Å². The van der Waals surface area contributed by atoms with Gasteiger partial charge in [-0.25, -0.2) is 4.98 Å². The molecule has 0 aliphatic carbocycles. The van der Waals surface area contributed by atoms with Gasteiger partial charge >= 0.3 is 7.12 Å². The van der Waals surface area contributed by atoms with Gasteiger partial charge in [0, 0.05) is 9.81 Å². The Morgan fingerprint density at radius 2 is 2.36 bits per heavy atom. The largest absolute Gasteiger partial charge is 0.488 e.